The van der Waals surface area contributed by atoms with Crippen molar-refractivity contribution in [2.24, 2.45) is 4.99 Å². The highest BCUT2D eigenvalue weighted by Gasteiger charge is 2.26. The number of benzene rings is 1. The summed E-state index contributed by atoms with van der Waals surface area (Å²) in [5, 5.41) is 9.08. The first kappa shape index (κ1) is 23.4. The third kappa shape index (κ3) is 6.59. The standard InChI is InChI=1S/C23H34N4O3S/c1-17-16-27(11-12-30-17)19(22-6-5-13-31-22)15-26-23(24-2)25-10-9-18-7-8-20(28-3)21(14-18)29-4/h5-8,13-14,17,19H,9-12,15-16H2,1-4H3,(H2,24,25,26). The van der Waals surface area contributed by atoms with Crippen LogP contribution in [0.15, 0.2) is 40.7 Å². The Morgan fingerprint density at radius 2 is 2.10 bits per heavy atom. The van der Waals surface area contributed by atoms with Gasteiger partial charge in [-0.2, -0.15) is 0 Å². The van der Waals surface area contributed by atoms with E-state index in [1.54, 1.807) is 25.6 Å². The van der Waals surface area contributed by atoms with Crippen LogP contribution >= 0.6 is 11.3 Å². The molecule has 0 saturated carbocycles. The number of methoxy groups -OCH3 is 2. The largest absolute Gasteiger partial charge is 0.493 e. The Labute approximate surface area is 189 Å². The van der Waals surface area contributed by atoms with Gasteiger partial charge in [-0.3, -0.25) is 9.89 Å². The smallest absolute Gasteiger partial charge is 0.191 e. The van der Waals surface area contributed by atoms with E-state index in [-0.39, 0.29) is 6.10 Å². The minimum Gasteiger partial charge on any atom is -0.493 e. The topological polar surface area (TPSA) is 67.4 Å². The number of nitrogens with one attached hydrogen (secondary N) is 2. The van der Waals surface area contributed by atoms with E-state index in [4.69, 9.17) is 14.2 Å². The monoisotopic (exact) mass is 446 g/mol. The van der Waals surface area contributed by atoms with Crippen LogP contribution in [0.3, 0.4) is 0 Å². The fraction of sp³-hybridized carbons (Fsp3) is 0.522. The highest BCUT2D eigenvalue weighted by Crippen LogP contribution is 2.28. The number of hydrogen-bond donors (Lipinski definition) is 2. The van der Waals surface area contributed by atoms with E-state index in [1.807, 2.05) is 19.2 Å². The molecule has 2 atom stereocenters. The Morgan fingerprint density at radius 3 is 2.77 bits per heavy atom. The third-order valence-electron chi connectivity index (χ3n) is 5.43. The van der Waals surface area contributed by atoms with Crippen molar-refractivity contribution in [3.05, 3.63) is 46.2 Å². The van der Waals surface area contributed by atoms with Crippen LogP contribution in [-0.2, 0) is 11.2 Å². The SMILES string of the molecule is CN=C(NCCc1ccc(OC)c(OC)c1)NCC(c1cccs1)N1CCOC(C)C1. The Balaban J connectivity index is 1.54. The third-order valence-corrected chi connectivity index (χ3v) is 6.40. The molecule has 1 fully saturated rings. The molecule has 1 aromatic heterocycles. The van der Waals surface area contributed by atoms with Crippen LogP contribution in [0.4, 0.5) is 0 Å². The zero-order valence-corrected chi connectivity index (χ0v) is 19.7. The second-order valence-electron chi connectivity index (χ2n) is 7.53. The lowest BCUT2D eigenvalue weighted by Crippen LogP contribution is -2.48. The summed E-state index contributed by atoms with van der Waals surface area (Å²) >= 11 is 1.80. The quantitative estimate of drug-likeness (QED) is 0.456. The van der Waals surface area contributed by atoms with Crippen molar-refractivity contribution < 1.29 is 14.2 Å². The van der Waals surface area contributed by atoms with Gasteiger partial charge in [-0.05, 0) is 42.5 Å². The molecule has 1 aromatic carbocycles. The van der Waals surface area contributed by atoms with E-state index in [2.05, 4.69) is 51.0 Å². The maximum Gasteiger partial charge on any atom is 0.191 e. The highest BCUT2D eigenvalue weighted by molar-refractivity contribution is 7.10. The lowest BCUT2D eigenvalue weighted by molar-refractivity contribution is -0.0334. The molecule has 3 rings (SSSR count). The molecule has 1 aliphatic rings. The van der Waals surface area contributed by atoms with E-state index in [1.165, 1.54) is 10.4 Å². The summed E-state index contributed by atoms with van der Waals surface area (Å²) in [6.07, 6.45) is 1.12. The van der Waals surface area contributed by atoms with Crippen LogP contribution < -0.4 is 20.1 Å². The summed E-state index contributed by atoms with van der Waals surface area (Å²) in [7, 11) is 5.11. The van der Waals surface area contributed by atoms with Gasteiger partial charge in [0.2, 0.25) is 0 Å². The number of aliphatic imine (C=N–C) groups is 1. The van der Waals surface area contributed by atoms with Gasteiger partial charge in [0.1, 0.15) is 0 Å². The summed E-state index contributed by atoms with van der Waals surface area (Å²) in [5.74, 6) is 2.30. The summed E-state index contributed by atoms with van der Waals surface area (Å²) in [5.41, 5.74) is 1.18. The maximum absolute atomic E-state index is 5.74. The number of guanidine groups is 1. The van der Waals surface area contributed by atoms with Crippen molar-refractivity contribution in [3.63, 3.8) is 0 Å². The molecule has 2 unspecified atom stereocenters. The molecule has 2 heterocycles. The van der Waals surface area contributed by atoms with Crippen LogP contribution in [-0.4, -0.2) is 71.0 Å². The highest BCUT2D eigenvalue weighted by atomic mass is 32.1. The van der Waals surface area contributed by atoms with E-state index in [0.29, 0.717) is 6.04 Å². The van der Waals surface area contributed by atoms with Crippen LogP contribution in [0.1, 0.15) is 23.4 Å². The molecule has 2 aromatic rings. The van der Waals surface area contributed by atoms with E-state index in [0.717, 1.165) is 56.7 Å². The van der Waals surface area contributed by atoms with Crippen molar-refractivity contribution in [1.29, 1.82) is 0 Å². The first-order valence-corrected chi connectivity index (χ1v) is 11.6. The van der Waals surface area contributed by atoms with Gasteiger partial charge in [0.25, 0.3) is 0 Å². The van der Waals surface area contributed by atoms with E-state index < -0.39 is 0 Å². The van der Waals surface area contributed by atoms with Gasteiger partial charge >= 0.3 is 0 Å². The fourth-order valence-electron chi connectivity index (χ4n) is 3.79. The molecule has 0 bridgehead atoms. The van der Waals surface area contributed by atoms with Gasteiger partial charge in [0.15, 0.2) is 17.5 Å². The van der Waals surface area contributed by atoms with Gasteiger partial charge in [-0.15, -0.1) is 11.3 Å². The number of morpholine rings is 1. The molecule has 7 nitrogen and oxygen atoms in total. The molecular weight excluding hydrogens is 412 g/mol. The number of nitrogens with zero attached hydrogens (tertiary/aromatic N) is 2. The summed E-state index contributed by atoms with van der Waals surface area (Å²) in [6.45, 7) is 6.37. The fourth-order valence-corrected chi connectivity index (χ4v) is 4.66. The molecule has 0 spiro atoms. The van der Waals surface area contributed by atoms with E-state index >= 15 is 0 Å². The van der Waals surface area contributed by atoms with Gasteiger partial charge in [-0.1, -0.05) is 12.1 Å². The molecular formula is C23H34N4O3S. The lowest BCUT2D eigenvalue weighted by atomic mass is 10.1. The normalized spacial score (nSPS) is 18.5. The Bertz CT molecular complexity index is 828. The molecule has 31 heavy (non-hydrogen) atoms. The Hall–Kier alpha value is -2.29. The molecule has 1 saturated heterocycles. The lowest BCUT2D eigenvalue weighted by Gasteiger charge is -2.37. The van der Waals surface area contributed by atoms with Crippen LogP contribution in [0, 0.1) is 0 Å². The summed E-state index contributed by atoms with van der Waals surface area (Å²) < 4.78 is 16.4. The van der Waals surface area contributed by atoms with Crippen LogP contribution in [0.25, 0.3) is 0 Å². The van der Waals surface area contributed by atoms with Gasteiger partial charge in [-0.25, -0.2) is 0 Å². The average Bonchev–Trinajstić information content (AvgIpc) is 3.32. The molecule has 1 aliphatic heterocycles. The predicted octanol–water partition coefficient (Wildman–Crippen LogP) is 2.93. The van der Waals surface area contributed by atoms with Gasteiger partial charge in [0, 0.05) is 38.1 Å². The number of ether oxygens (including phenoxy) is 3. The minimum absolute atomic E-state index is 0.259. The van der Waals surface area contributed by atoms with Crippen molar-refractivity contribution in [3.8, 4) is 11.5 Å². The van der Waals surface area contributed by atoms with Gasteiger partial charge < -0.3 is 24.8 Å². The minimum atomic E-state index is 0.259. The Morgan fingerprint density at radius 1 is 1.26 bits per heavy atom. The number of rotatable bonds is 9. The maximum atomic E-state index is 5.74. The summed E-state index contributed by atoms with van der Waals surface area (Å²) in [4.78, 5) is 8.27. The molecule has 170 valence electrons. The first-order valence-electron chi connectivity index (χ1n) is 10.7. The average molecular weight is 447 g/mol. The number of thiophene rings is 1. The molecule has 0 radical (unpaired) electrons. The Kier molecular flexibility index (Phi) is 8.99. The number of hydrogen-bond acceptors (Lipinski definition) is 6. The van der Waals surface area contributed by atoms with Crippen LogP contribution in [0.2, 0.25) is 0 Å². The molecule has 2 N–H and O–H groups in total. The van der Waals surface area contributed by atoms with Crippen molar-refractivity contribution in [2.75, 3.05) is 54.1 Å². The molecule has 0 amide bonds. The van der Waals surface area contributed by atoms with Gasteiger partial charge in [0.05, 0.1) is 33.0 Å². The molecule has 0 aliphatic carbocycles. The van der Waals surface area contributed by atoms with Crippen LogP contribution in [0.5, 0.6) is 11.5 Å². The predicted molar refractivity (Wildman–Crippen MR) is 127 cm³/mol. The second kappa shape index (κ2) is 11.9. The first-order chi connectivity index (χ1) is 15.1. The second-order valence-corrected chi connectivity index (χ2v) is 8.51. The zero-order chi connectivity index (χ0) is 22.1. The molecule has 8 heteroatoms. The summed E-state index contributed by atoms with van der Waals surface area (Å²) in [6, 6.07) is 10.7. The zero-order valence-electron chi connectivity index (χ0n) is 18.9. The van der Waals surface area contributed by atoms with Crippen molar-refractivity contribution in [1.82, 2.24) is 15.5 Å². The van der Waals surface area contributed by atoms with Crippen molar-refractivity contribution in [2.45, 2.75) is 25.5 Å². The van der Waals surface area contributed by atoms with Crippen molar-refractivity contribution >= 4 is 17.3 Å². The van der Waals surface area contributed by atoms with E-state index in [9.17, 15) is 0 Å².